The van der Waals surface area contributed by atoms with Crippen LogP contribution < -0.4 is 20.1 Å². The fourth-order valence-corrected chi connectivity index (χ4v) is 4.08. The van der Waals surface area contributed by atoms with Gasteiger partial charge in [0.1, 0.15) is 5.56 Å². The minimum atomic E-state index is -0.757. The smallest absolute Gasteiger partial charge is 0.286 e. The second-order valence-electron chi connectivity index (χ2n) is 6.01. The minimum Gasteiger partial charge on any atom is -0.493 e. The highest BCUT2D eigenvalue weighted by molar-refractivity contribution is 8.01. The number of anilines is 2. The van der Waals surface area contributed by atoms with Crippen LogP contribution in [0, 0.1) is 10.1 Å². The third kappa shape index (κ3) is 5.70. The predicted molar refractivity (Wildman–Crippen MR) is 120 cm³/mol. The quantitative estimate of drug-likeness (QED) is 0.206. The van der Waals surface area contributed by atoms with Crippen molar-refractivity contribution in [3.63, 3.8) is 0 Å². The number of hydrogen-bond donors (Lipinski definition) is 2. The van der Waals surface area contributed by atoms with E-state index in [1.54, 1.807) is 12.1 Å². The highest BCUT2D eigenvalue weighted by Gasteiger charge is 2.25. The van der Waals surface area contributed by atoms with Crippen LogP contribution in [0.5, 0.6) is 11.5 Å². The van der Waals surface area contributed by atoms with Crippen LogP contribution >= 0.6 is 23.1 Å². The number of rotatable bonds is 9. The summed E-state index contributed by atoms with van der Waals surface area (Å²) in [5.41, 5.74) is 0.0102. The number of para-hydroxylation sites is 1. The number of carbonyl (C=O) groups is 2. The summed E-state index contributed by atoms with van der Waals surface area (Å²) in [5.74, 6) is -0.589. The molecule has 0 unspecified atom stereocenters. The van der Waals surface area contributed by atoms with Gasteiger partial charge in [0.2, 0.25) is 11.0 Å². The van der Waals surface area contributed by atoms with Gasteiger partial charge in [-0.05, 0) is 12.1 Å². The Kier molecular flexibility index (Phi) is 7.57. The Morgan fingerprint density at radius 2 is 1.78 bits per heavy atom. The average Bonchev–Trinajstić information content (AvgIpc) is 3.24. The largest absolute Gasteiger partial charge is 0.493 e. The van der Waals surface area contributed by atoms with Crippen LogP contribution in [0.25, 0.3) is 0 Å². The highest BCUT2D eigenvalue weighted by Crippen LogP contribution is 2.35. The molecule has 2 aromatic carbocycles. The number of methoxy groups -OCH3 is 2. The molecule has 0 aliphatic heterocycles. The van der Waals surface area contributed by atoms with Crippen molar-refractivity contribution >= 4 is 51.4 Å². The van der Waals surface area contributed by atoms with Gasteiger partial charge in [-0.3, -0.25) is 25.0 Å². The predicted octanol–water partition coefficient (Wildman–Crippen LogP) is 3.45. The molecule has 0 saturated carbocycles. The van der Waals surface area contributed by atoms with Crippen LogP contribution in [0.15, 0.2) is 46.8 Å². The van der Waals surface area contributed by atoms with E-state index < -0.39 is 16.5 Å². The summed E-state index contributed by atoms with van der Waals surface area (Å²) in [6.45, 7) is 0. The highest BCUT2D eigenvalue weighted by atomic mass is 32.2. The number of amides is 2. The van der Waals surface area contributed by atoms with Crippen molar-refractivity contribution < 1.29 is 24.0 Å². The summed E-state index contributed by atoms with van der Waals surface area (Å²) >= 11 is 2.19. The first-order valence-corrected chi connectivity index (χ1v) is 10.7. The maximum absolute atomic E-state index is 12.6. The van der Waals surface area contributed by atoms with E-state index in [4.69, 9.17) is 9.47 Å². The average molecular weight is 476 g/mol. The summed E-state index contributed by atoms with van der Waals surface area (Å²) < 4.78 is 10.6. The van der Waals surface area contributed by atoms with E-state index in [1.807, 2.05) is 18.2 Å². The minimum absolute atomic E-state index is 0.0959. The Morgan fingerprint density at radius 3 is 2.44 bits per heavy atom. The Morgan fingerprint density at radius 1 is 1.09 bits per heavy atom. The van der Waals surface area contributed by atoms with Gasteiger partial charge in [0.25, 0.3) is 11.6 Å². The summed E-state index contributed by atoms with van der Waals surface area (Å²) in [6.07, 6.45) is 0. The second kappa shape index (κ2) is 10.5. The van der Waals surface area contributed by atoms with Crippen molar-refractivity contribution in [2.24, 2.45) is 0 Å². The molecule has 13 heteroatoms. The number of nitro benzene ring substituents is 1. The maximum atomic E-state index is 12.6. The monoisotopic (exact) mass is 475 g/mol. The Bertz CT molecular complexity index is 1140. The number of nitrogens with one attached hydrogen (secondary N) is 2. The van der Waals surface area contributed by atoms with Crippen molar-refractivity contribution in [1.29, 1.82) is 0 Å². The lowest BCUT2D eigenvalue weighted by Gasteiger charge is -2.10. The molecule has 0 aliphatic carbocycles. The first-order chi connectivity index (χ1) is 15.4. The number of ether oxygens (including phenoxy) is 2. The summed E-state index contributed by atoms with van der Waals surface area (Å²) in [7, 11) is 2.69. The topological polar surface area (TPSA) is 146 Å². The van der Waals surface area contributed by atoms with Crippen molar-refractivity contribution in [3.8, 4) is 11.5 Å². The van der Waals surface area contributed by atoms with E-state index in [0.29, 0.717) is 10.0 Å². The Hall–Kier alpha value is -3.71. The summed E-state index contributed by atoms with van der Waals surface area (Å²) in [4.78, 5) is 35.4. The van der Waals surface area contributed by atoms with Crippen LogP contribution in [0.4, 0.5) is 16.5 Å². The van der Waals surface area contributed by atoms with Gasteiger partial charge in [-0.25, -0.2) is 0 Å². The molecule has 0 aliphatic rings. The van der Waals surface area contributed by atoms with Crippen LogP contribution in [-0.4, -0.2) is 46.9 Å². The molecule has 0 saturated heterocycles. The van der Waals surface area contributed by atoms with Crippen molar-refractivity contribution in [3.05, 3.63) is 58.1 Å². The van der Waals surface area contributed by atoms with Gasteiger partial charge in [-0.1, -0.05) is 41.3 Å². The fraction of sp³-hybridized carbons (Fsp3) is 0.158. The van der Waals surface area contributed by atoms with E-state index in [9.17, 15) is 19.7 Å². The Balaban J connectivity index is 1.65. The number of aromatic nitrogens is 2. The zero-order chi connectivity index (χ0) is 23.1. The fourth-order valence-electron chi connectivity index (χ4n) is 2.53. The molecule has 166 valence electrons. The molecule has 32 heavy (non-hydrogen) atoms. The maximum Gasteiger partial charge on any atom is 0.286 e. The molecule has 3 rings (SSSR count). The molecule has 0 atom stereocenters. The molecular formula is C19H17N5O6S2. The second-order valence-corrected chi connectivity index (χ2v) is 8.21. The molecule has 0 spiro atoms. The van der Waals surface area contributed by atoms with E-state index in [1.165, 1.54) is 20.3 Å². The van der Waals surface area contributed by atoms with E-state index in [0.717, 1.165) is 29.2 Å². The first kappa shape index (κ1) is 23.0. The van der Waals surface area contributed by atoms with E-state index >= 15 is 0 Å². The zero-order valence-electron chi connectivity index (χ0n) is 16.9. The Labute approximate surface area is 190 Å². The van der Waals surface area contributed by atoms with Crippen LogP contribution in [-0.2, 0) is 4.79 Å². The summed E-state index contributed by atoms with van der Waals surface area (Å²) in [6, 6.07) is 11.3. The number of benzene rings is 2. The third-order valence-corrected chi connectivity index (χ3v) is 5.93. The summed E-state index contributed by atoms with van der Waals surface area (Å²) in [5, 5.41) is 24.5. The van der Waals surface area contributed by atoms with E-state index in [-0.39, 0.29) is 33.9 Å². The van der Waals surface area contributed by atoms with Crippen molar-refractivity contribution in [2.45, 2.75) is 4.34 Å². The SMILES string of the molecule is COc1cc(C(=O)Nc2nnc(SCC(=O)Nc3ccccc3)s2)c([N+](=O)[O-])cc1OC. The zero-order valence-corrected chi connectivity index (χ0v) is 18.5. The van der Waals surface area contributed by atoms with Gasteiger partial charge in [0.15, 0.2) is 15.8 Å². The van der Waals surface area contributed by atoms with E-state index in [2.05, 4.69) is 20.8 Å². The number of nitrogens with zero attached hydrogens (tertiary/aromatic N) is 3. The molecular weight excluding hydrogens is 458 g/mol. The van der Waals surface area contributed by atoms with Crippen molar-refractivity contribution in [2.75, 3.05) is 30.6 Å². The molecule has 1 heterocycles. The number of hydrogen-bond acceptors (Lipinski definition) is 10. The number of nitro groups is 1. The van der Waals surface area contributed by atoms with Crippen molar-refractivity contribution in [1.82, 2.24) is 10.2 Å². The molecule has 2 N–H and O–H groups in total. The van der Waals surface area contributed by atoms with Gasteiger partial charge >= 0.3 is 0 Å². The normalized spacial score (nSPS) is 10.3. The van der Waals surface area contributed by atoms with Gasteiger partial charge in [0, 0.05) is 11.8 Å². The molecule has 0 bridgehead atoms. The standard InChI is InChI=1S/C19H17N5O6S2/c1-29-14-8-12(13(24(27)28)9-15(14)30-2)17(26)21-18-22-23-19(32-18)31-10-16(25)20-11-6-4-3-5-7-11/h3-9H,10H2,1-2H3,(H,20,25)(H,21,22,26). The number of thioether (sulfide) groups is 1. The lowest BCUT2D eigenvalue weighted by atomic mass is 10.1. The van der Waals surface area contributed by atoms with Crippen LogP contribution in [0.3, 0.4) is 0 Å². The third-order valence-electron chi connectivity index (χ3n) is 3.95. The van der Waals surface area contributed by atoms with Gasteiger partial charge < -0.3 is 14.8 Å². The molecule has 0 radical (unpaired) electrons. The van der Waals surface area contributed by atoms with Gasteiger partial charge in [0.05, 0.1) is 31.0 Å². The lowest BCUT2D eigenvalue weighted by Crippen LogP contribution is -2.14. The van der Waals surface area contributed by atoms with Gasteiger partial charge in [-0.15, -0.1) is 10.2 Å². The molecule has 11 nitrogen and oxygen atoms in total. The number of carbonyl (C=O) groups excluding carboxylic acids is 2. The van der Waals surface area contributed by atoms with Gasteiger partial charge in [-0.2, -0.15) is 0 Å². The molecule has 0 fully saturated rings. The van der Waals surface area contributed by atoms with Crippen LogP contribution in [0.1, 0.15) is 10.4 Å². The lowest BCUT2D eigenvalue weighted by molar-refractivity contribution is -0.385. The molecule has 3 aromatic rings. The van der Waals surface area contributed by atoms with Crippen LogP contribution in [0.2, 0.25) is 0 Å². The first-order valence-electron chi connectivity index (χ1n) is 8.94. The molecule has 1 aromatic heterocycles. The molecule has 2 amide bonds.